The van der Waals surface area contributed by atoms with Gasteiger partial charge in [-0.05, 0) is 48.1 Å². The lowest BCUT2D eigenvalue weighted by Gasteiger charge is -2.15. The first-order chi connectivity index (χ1) is 13.5. The molecule has 2 aromatic rings. The zero-order valence-corrected chi connectivity index (χ0v) is 15.8. The molecule has 28 heavy (non-hydrogen) atoms. The minimum absolute atomic E-state index is 0.100. The number of hydrogen-bond donors (Lipinski definition) is 0. The van der Waals surface area contributed by atoms with Gasteiger partial charge in [-0.1, -0.05) is 0 Å². The van der Waals surface area contributed by atoms with Crippen molar-refractivity contribution in [2.24, 2.45) is 0 Å². The Hall–Kier alpha value is -3.22. The Morgan fingerprint density at radius 2 is 2.11 bits per heavy atom. The fourth-order valence-electron chi connectivity index (χ4n) is 2.82. The number of thiocarbonyl (C=S) groups is 1. The van der Waals surface area contributed by atoms with E-state index in [9.17, 15) is 10.1 Å². The molecule has 1 aliphatic heterocycles. The molecular formula is C19H17N3O5S. The number of methoxy groups -OCH3 is 1. The first kappa shape index (κ1) is 19.5. The third kappa shape index (κ3) is 4.54. The molecule has 1 fully saturated rings. The molecule has 0 bridgehead atoms. The largest absolute Gasteiger partial charge is 0.489 e. The minimum atomic E-state index is -0.531. The van der Waals surface area contributed by atoms with E-state index in [2.05, 4.69) is 0 Å². The summed E-state index contributed by atoms with van der Waals surface area (Å²) in [5, 5.41) is 20.4. The molecule has 2 aromatic carbocycles. The molecule has 0 radical (unpaired) electrons. The zero-order valence-electron chi connectivity index (χ0n) is 15.0. The number of ether oxygens (including phenoxy) is 3. The van der Waals surface area contributed by atoms with E-state index < -0.39 is 4.92 Å². The highest BCUT2D eigenvalue weighted by Gasteiger charge is 2.29. The number of nitro benzene ring substituents is 1. The van der Waals surface area contributed by atoms with E-state index in [1.165, 1.54) is 12.1 Å². The van der Waals surface area contributed by atoms with Crippen molar-refractivity contribution in [1.82, 2.24) is 0 Å². The van der Waals surface area contributed by atoms with Crippen molar-refractivity contribution < 1.29 is 19.1 Å². The van der Waals surface area contributed by atoms with Gasteiger partial charge in [-0.15, -0.1) is 0 Å². The van der Waals surface area contributed by atoms with Crippen LogP contribution in [0.25, 0.3) is 0 Å². The van der Waals surface area contributed by atoms with Crippen molar-refractivity contribution in [3.05, 3.63) is 63.7 Å². The van der Waals surface area contributed by atoms with Crippen LogP contribution in [0.5, 0.6) is 5.75 Å². The molecule has 0 saturated carbocycles. The quantitative estimate of drug-likeness (QED) is 0.398. The molecule has 1 aliphatic rings. The van der Waals surface area contributed by atoms with Crippen molar-refractivity contribution in [1.29, 1.82) is 5.26 Å². The summed E-state index contributed by atoms with van der Waals surface area (Å²) in [5.74, 6) is 0.591. The zero-order chi connectivity index (χ0) is 20.1. The van der Waals surface area contributed by atoms with Crippen LogP contribution in [0.2, 0.25) is 0 Å². The highest BCUT2D eigenvalue weighted by atomic mass is 32.1. The van der Waals surface area contributed by atoms with Crippen LogP contribution in [0.4, 0.5) is 11.4 Å². The van der Waals surface area contributed by atoms with Crippen LogP contribution in [0.15, 0.2) is 42.5 Å². The standard InChI is InChI=1S/C19H17N3O5S/c1-25-12-18-10-21(19(28)27-18)15-2-4-17(5-3-15)26-11-14-6-13(9-20)7-16(8-14)22(23)24/h2-8,18H,10-12H2,1H3. The number of anilines is 1. The normalized spacial score (nSPS) is 15.8. The Kier molecular flexibility index (Phi) is 6.03. The van der Waals surface area contributed by atoms with Crippen LogP contribution >= 0.6 is 12.2 Å². The Bertz CT molecular complexity index is 926. The molecule has 0 spiro atoms. The average Bonchev–Trinajstić information content (AvgIpc) is 3.07. The number of non-ortho nitro benzene ring substituents is 1. The summed E-state index contributed by atoms with van der Waals surface area (Å²) in [6, 6.07) is 13.4. The highest BCUT2D eigenvalue weighted by molar-refractivity contribution is 7.80. The van der Waals surface area contributed by atoms with Gasteiger partial charge in [0.25, 0.3) is 10.9 Å². The van der Waals surface area contributed by atoms with Crippen LogP contribution < -0.4 is 9.64 Å². The lowest BCUT2D eigenvalue weighted by molar-refractivity contribution is -0.385. The maximum Gasteiger partial charge on any atom is 0.271 e. The first-order valence-electron chi connectivity index (χ1n) is 8.38. The third-order valence-corrected chi connectivity index (χ3v) is 4.41. The van der Waals surface area contributed by atoms with Crippen LogP contribution in [-0.2, 0) is 16.1 Å². The Balaban J connectivity index is 1.66. The van der Waals surface area contributed by atoms with Gasteiger partial charge in [-0.25, -0.2) is 0 Å². The highest BCUT2D eigenvalue weighted by Crippen LogP contribution is 2.25. The van der Waals surface area contributed by atoms with Crippen molar-refractivity contribution >= 4 is 28.8 Å². The molecule has 1 unspecified atom stereocenters. The van der Waals surface area contributed by atoms with E-state index in [1.807, 2.05) is 23.1 Å². The van der Waals surface area contributed by atoms with Crippen LogP contribution in [-0.4, -0.2) is 36.5 Å². The second-order valence-electron chi connectivity index (χ2n) is 6.11. The number of rotatable bonds is 7. The topological polar surface area (TPSA) is 97.9 Å². The smallest absolute Gasteiger partial charge is 0.271 e. The van der Waals surface area contributed by atoms with Gasteiger partial charge in [0.05, 0.1) is 29.7 Å². The van der Waals surface area contributed by atoms with E-state index in [1.54, 1.807) is 25.3 Å². The van der Waals surface area contributed by atoms with E-state index in [4.69, 9.17) is 31.7 Å². The van der Waals surface area contributed by atoms with E-state index in [0.717, 1.165) is 5.69 Å². The van der Waals surface area contributed by atoms with E-state index >= 15 is 0 Å². The number of benzene rings is 2. The summed E-state index contributed by atoms with van der Waals surface area (Å²) in [7, 11) is 1.61. The summed E-state index contributed by atoms with van der Waals surface area (Å²) in [6.45, 7) is 1.18. The molecule has 0 amide bonds. The Morgan fingerprint density at radius 1 is 1.36 bits per heavy atom. The van der Waals surface area contributed by atoms with Crippen LogP contribution in [0, 0.1) is 21.4 Å². The molecule has 1 saturated heterocycles. The summed E-state index contributed by atoms with van der Waals surface area (Å²) < 4.78 is 16.4. The summed E-state index contributed by atoms with van der Waals surface area (Å²) in [5.41, 5.74) is 1.50. The molecule has 3 rings (SSSR count). The monoisotopic (exact) mass is 399 g/mol. The number of nitriles is 1. The second kappa shape index (κ2) is 8.65. The van der Waals surface area contributed by atoms with E-state index in [-0.39, 0.29) is 24.0 Å². The van der Waals surface area contributed by atoms with Gasteiger partial charge in [0, 0.05) is 24.9 Å². The molecule has 0 aliphatic carbocycles. The first-order valence-corrected chi connectivity index (χ1v) is 8.79. The molecule has 1 heterocycles. The van der Waals surface area contributed by atoms with Crippen molar-refractivity contribution in [2.75, 3.05) is 25.2 Å². The Labute approximate surface area is 167 Å². The van der Waals surface area contributed by atoms with Gasteiger partial charge in [-0.3, -0.25) is 15.0 Å². The van der Waals surface area contributed by atoms with Gasteiger partial charge in [0.1, 0.15) is 18.5 Å². The van der Waals surface area contributed by atoms with Gasteiger partial charge in [0.15, 0.2) is 0 Å². The number of nitrogens with zero attached hydrogens (tertiary/aromatic N) is 3. The van der Waals surface area contributed by atoms with E-state index in [0.29, 0.717) is 29.6 Å². The molecule has 144 valence electrons. The van der Waals surface area contributed by atoms with Crippen molar-refractivity contribution in [3.63, 3.8) is 0 Å². The van der Waals surface area contributed by atoms with Gasteiger partial charge in [-0.2, -0.15) is 5.26 Å². The second-order valence-corrected chi connectivity index (χ2v) is 6.46. The number of nitro groups is 1. The van der Waals surface area contributed by atoms with Crippen molar-refractivity contribution in [2.45, 2.75) is 12.7 Å². The van der Waals surface area contributed by atoms with Gasteiger partial charge in [0.2, 0.25) is 0 Å². The molecule has 1 atom stereocenters. The average molecular weight is 399 g/mol. The predicted molar refractivity (Wildman–Crippen MR) is 105 cm³/mol. The lowest BCUT2D eigenvalue weighted by Crippen LogP contribution is -2.25. The molecule has 8 nitrogen and oxygen atoms in total. The summed E-state index contributed by atoms with van der Waals surface area (Å²) >= 11 is 5.25. The number of hydrogen-bond acceptors (Lipinski definition) is 7. The SMILES string of the molecule is COCC1CN(c2ccc(OCc3cc(C#N)cc([N+](=O)[O-])c3)cc2)C(=S)O1. The molecule has 9 heteroatoms. The molecule has 0 N–H and O–H groups in total. The van der Waals surface area contributed by atoms with Gasteiger partial charge < -0.3 is 14.2 Å². The Morgan fingerprint density at radius 3 is 2.75 bits per heavy atom. The predicted octanol–water partition coefficient (Wildman–Crippen LogP) is 3.18. The van der Waals surface area contributed by atoms with Gasteiger partial charge >= 0.3 is 0 Å². The molecule has 0 aromatic heterocycles. The fourth-order valence-corrected chi connectivity index (χ4v) is 3.14. The molecular weight excluding hydrogens is 382 g/mol. The minimum Gasteiger partial charge on any atom is -0.489 e. The fraction of sp³-hybridized carbons (Fsp3) is 0.263. The maximum absolute atomic E-state index is 11.0. The summed E-state index contributed by atoms with van der Waals surface area (Å²) in [6.07, 6.45) is -0.100. The van der Waals surface area contributed by atoms with Crippen LogP contribution in [0.1, 0.15) is 11.1 Å². The van der Waals surface area contributed by atoms with Crippen molar-refractivity contribution in [3.8, 4) is 11.8 Å². The lowest BCUT2D eigenvalue weighted by atomic mass is 10.1. The third-order valence-electron chi connectivity index (χ3n) is 4.10. The van der Waals surface area contributed by atoms with Crippen LogP contribution in [0.3, 0.4) is 0 Å². The maximum atomic E-state index is 11.0. The summed E-state index contributed by atoms with van der Waals surface area (Å²) in [4.78, 5) is 12.3.